The molecule has 74 valence electrons. The van der Waals surface area contributed by atoms with Gasteiger partial charge in [-0.1, -0.05) is 26.7 Å². The molecular weight excluding hydrogens is 156 g/mol. The predicted molar refractivity (Wildman–Crippen MR) is 47.6 cm³/mol. The summed E-state index contributed by atoms with van der Waals surface area (Å²) in [5.74, 6) is 0. The topological polar surface area (TPSA) is 60.7 Å². The Morgan fingerprint density at radius 1 is 1.25 bits per heavy atom. The van der Waals surface area contributed by atoms with Crippen LogP contribution < -0.4 is 0 Å². The number of hydrogen-bond acceptors (Lipinski definition) is 3. The van der Waals surface area contributed by atoms with E-state index in [0.717, 1.165) is 12.8 Å². The zero-order chi connectivity index (χ0) is 9.61. The highest BCUT2D eigenvalue weighted by atomic mass is 16.5. The fraction of sp³-hybridized carbons (Fsp3) is 1.00. The van der Waals surface area contributed by atoms with E-state index in [9.17, 15) is 0 Å². The van der Waals surface area contributed by atoms with Crippen LogP contribution >= 0.6 is 0 Å². The molecule has 3 nitrogen and oxygen atoms in total. The summed E-state index contributed by atoms with van der Waals surface area (Å²) in [4.78, 5) is 0. The summed E-state index contributed by atoms with van der Waals surface area (Å²) >= 11 is 0. The van der Waals surface area contributed by atoms with Crippen molar-refractivity contribution in [2.24, 2.45) is 5.41 Å². The maximum Gasteiger partial charge on any atom is 0.159 e. The molecule has 0 aromatic carbocycles. The fourth-order valence-electron chi connectivity index (χ4n) is 1.29. The van der Waals surface area contributed by atoms with Gasteiger partial charge in [-0.3, -0.25) is 0 Å². The van der Waals surface area contributed by atoms with Crippen LogP contribution in [0.5, 0.6) is 0 Å². The van der Waals surface area contributed by atoms with Crippen molar-refractivity contribution in [2.75, 3.05) is 6.61 Å². The average Bonchev–Trinajstić information content (AvgIpc) is 2.07. The molecule has 0 saturated carbocycles. The van der Waals surface area contributed by atoms with E-state index in [1.807, 2.05) is 13.8 Å². The highest BCUT2D eigenvalue weighted by Crippen LogP contribution is 2.31. The third kappa shape index (κ3) is 2.73. The molecule has 0 radical (unpaired) electrons. The monoisotopic (exact) mass is 176 g/mol. The Labute approximate surface area is 74.0 Å². The van der Waals surface area contributed by atoms with Crippen LogP contribution in [0.4, 0.5) is 0 Å². The molecule has 3 N–H and O–H groups in total. The van der Waals surface area contributed by atoms with E-state index in [1.165, 1.54) is 0 Å². The maximum absolute atomic E-state index is 9.08. The van der Waals surface area contributed by atoms with Crippen molar-refractivity contribution in [1.29, 1.82) is 0 Å². The van der Waals surface area contributed by atoms with Crippen molar-refractivity contribution >= 4 is 0 Å². The second kappa shape index (κ2) is 5.51. The van der Waals surface area contributed by atoms with E-state index < -0.39 is 11.7 Å². The minimum absolute atomic E-state index is 0.152. The Bertz CT molecular complexity index is 108. The summed E-state index contributed by atoms with van der Waals surface area (Å²) in [5, 5.41) is 27.2. The Kier molecular flexibility index (Phi) is 5.46. The quantitative estimate of drug-likeness (QED) is 0.526. The van der Waals surface area contributed by atoms with Crippen molar-refractivity contribution in [1.82, 2.24) is 0 Å². The van der Waals surface area contributed by atoms with Gasteiger partial charge in [0.25, 0.3) is 0 Å². The van der Waals surface area contributed by atoms with E-state index in [-0.39, 0.29) is 6.61 Å². The Hall–Kier alpha value is -0.120. The van der Waals surface area contributed by atoms with E-state index in [1.54, 1.807) is 0 Å². The SMILES string of the molecule is CCCCC(CC)(CO)C(O)O. The fourth-order valence-corrected chi connectivity index (χ4v) is 1.29. The van der Waals surface area contributed by atoms with Crippen LogP contribution in [-0.2, 0) is 0 Å². The number of unbranched alkanes of at least 4 members (excludes halogenated alkanes) is 1. The van der Waals surface area contributed by atoms with Crippen LogP contribution in [0.2, 0.25) is 0 Å². The van der Waals surface area contributed by atoms with E-state index in [2.05, 4.69) is 0 Å². The van der Waals surface area contributed by atoms with E-state index >= 15 is 0 Å². The molecule has 0 bridgehead atoms. The molecule has 0 aliphatic heterocycles. The zero-order valence-electron chi connectivity index (χ0n) is 7.95. The first-order valence-electron chi connectivity index (χ1n) is 4.60. The van der Waals surface area contributed by atoms with Crippen molar-refractivity contribution in [3.63, 3.8) is 0 Å². The molecule has 3 heteroatoms. The average molecular weight is 176 g/mol. The van der Waals surface area contributed by atoms with Gasteiger partial charge in [-0.25, -0.2) is 0 Å². The highest BCUT2D eigenvalue weighted by Gasteiger charge is 2.33. The number of rotatable bonds is 6. The lowest BCUT2D eigenvalue weighted by Gasteiger charge is -2.32. The Morgan fingerprint density at radius 2 is 1.83 bits per heavy atom. The van der Waals surface area contributed by atoms with Crippen molar-refractivity contribution in [2.45, 2.75) is 45.8 Å². The van der Waals surface area contributed by atoms with Crippen molar-refractivity contribution in [3.05, 3.63) is 0 Å². The number of aliphatic hydroxyl groups excluding tert-OH is 2. The molecule has 0 rings (SSSR count). The molecule has 0 aromatic heterocycles. The molecule has 0 spiro atoms. The Morgan fingerprint density at radius 3 is 2.08 bits per heavy atom. The van der Waals surface area contributed by atoms with Gasteiger partial charge in [0.05, 0.1) is 6.61 Å². The second-order valence-corrected chi connectivity index (χ2v) is 3.35. The summed E-state index contributed by atoms with van der Waals surface area (Å²) in [5.41, 5.74) is -0.698. The minimum atomic E-state index is -1.40. The van der Waals surface area contributed by atoms with Gasteiger partial charge < -0.3 is 15.3 Å². The van der Waals surface area contributed by atoms with Crippen LogP contribution in [0.25, 0.3) is 0 Å². The summed E-state index contributed by atoms with van der Waals surface area (Å²) in [6, 6.07) is 0. The first-order chi connectivity index (χ1) is 5.63. The van der Waals surface area contributed by atoms with Crippen molar-refractivity contribution < 1.29 is 15.3 Å². The highest BCUT2D eigenvalue weighted by molar-refractivity contribution is 4.78. The summed E-state index contributed by atoms with van der Waals surface area (Å²) in [6.07, 6.45) is 1.80. The van der Waals surface area contributed by atoms with E-state index in [4.69, 9.17) is 15.3 Å². The largest absolute Gasteiger partial charge is 0.396 e. The van der Waals surface area contributed by atoms with Crippen LogP contribution in [0.15, 0.2) is 0 Å². The van der Waals surface area contributed by atoms with Gasteiger partial charge in [0.2, 0.25) is 0 Å². The normalized spacial score (nSPS) is 16.5. The number of hydrogen-bond donors (Lipinski definition) is 3. The molecule has 0 aliphatic rings. The van der Waals surface area contributed by atoms with Crippen LogP contribution in [0, 0.1) is 5.41 Å². The van der Waals surface area contributed by atoms with Gasteiger partial charge in [-0.05, 0) is 12.8 Å². The molecule has 0 aromatic rings. The van der Waals surface area contributed by atoms with Gasteiger partial charge in [0.1, 0.15) is 0 Å². The van der Waals surface area contributed by atoms with Gasteiger partial charge in [0.15, 0.2) is 6.29 Å². The Balaban J connectivity index is 4.15. The summed E-state index contributed by atoms with van der Waals surface area (Å²) in [6.45, 7) is 3.76. The summed E-state index contributed by atoms with van der Waals surface area (Å²) < 4.78 is 0. The number of aliphatic hydroxyl groups is 3. The third-order valence-electron chi connectivity index (χ3n) is 2.59. The van der Waals surface area contributed by atoms with Gasteiger partial charge in [0, 0.05) is 5.41 Å². The molecule has 1 unspecified atom stereocenters. The lowest BCUT2D eigenvalue weighted by Crippen LogP contribution is -2.38. The molecule has 12 heavy (non-hydrogen) atoms. The first kappa shape index (κ1) is 11.9. The maximum atomic E-state index is 9.08. The van der Waals surface area contributed by atoms with Gasteiger partial charge >= 0.3 is 0 Å². The van der Waals surface area contributed by atoms with Gasteiger partial charge in [-0.15, -0.1) is 0 Å². The summed E-state index contributed by atoms with van der Waals surface area (Å²) in [7, 11) is 0. The lowest BCUT2D eigenvalue weighted by molar-refractivity contribution is -0.157. The molecule has 0 heterocycles. The predicted octanol–water partition coefficient (Wildman–Crippen LogP) is 0.876. The standard InChI is InChI=1S/C9H20O3/c1-3-5-6-9(4-2,7-10)8(11)12/h8,10-12H,3-7H2,1-2H3. The van der Waals surface area contributed by atoms with E-state index in [0.29, 0.717) is 12.8 Å². The molecule has 1 atom stereocenters. The van der Waals surface area contributed by atoms with Crippen molar-refractivity contribution in [3.8, 4) is 0 Å². The third-order valence-corrected chi connectivity index (χ3v) is 2.59. The van der Waals surface area contributed by atoms with Crippen LogP contribution in [0.1, 0.15) is 39.5 Å². The second-order valence-electron chi connectivity index (χ2n) is 3.35. The molecule has 0 aliphatic carbocycles. The molecular formula is C9H20O3. The lowest BCUT2D eigenvalue weighted by atomic mass is 9.80. The molecule has 0 amide bonds. The van der Waals surface area contributed by atoms with Gasteiger partial charge in [-0.2, -0.15) is 0 Å². The van der Waals surface area contributed by atoms with Crippen LogP contribution in [0.3, 0.4) is 0 Å². The zero-order valence-corrected chi connectivity index (χ0v) is 7.95. The smallest absolute Gasteiger partial charge is 0.159 e. The van der Waals surface area contributed by atoms with Crippen LogP contribution in [-0.4, -0.2) is 28.2 Å². The first-order valence-corrected chi connectivity index (χ1v) is 4.60. The molecule has 0 saturated heterocycles. The minimum Gasteiger partial charge on any atom is -0.396 e. The molecule has 0 fully saturated rings.